The molecule has 1 atom stereocenters. The van der Waals surface area contributed by atoms with E-state index in [9.17, 15) is 14.4 Å². The number of esters is 3. The molecule has 0 N–H and O–H groups in total. The van der Waals surface area contributed by atoms with Crippen LogP contribution in [0.25, 0.3) is 0 Å². The largest absolute Gasteiger partial charge is 0.462 e. The molecule has 0 aliphatic carbocycles. The van der Waals surface area contributed by atoms with Gasteiger partial charge < -0.3 is 14.2 Å². The number of rotatable bonds is 53. The zero-order valence-corrected chi connectivity index (χ0v) is 47.4. The van der Waals surface area contributed by atoms with Crippen molar-refractivity contribution in [1.82, 2.24) is 0 Å². The molecule has 0 bridgehead atoms. The second-order valence-corrected chi connectivity index (χ2v) is 19.5. The number of carbonyl (C=O) groups excluding carboxylic acids is 3. The second kappa shape index (κ2) is 60.4. The predicted octanol–water partition coefficient (Wildman–Crippen LogP) is 20.4. The Bertz CT molecular complexity index is 1540. The maximum atomic E-state index is 12.9. The Kier molecular flexibility index (Phi) is 56.9. The summed E-state index contributed by atoms with van der Waals surface area (Å²) in [5.41, 5.74) is 0. The first-order valence-corrected chi connectivity index (χ1v) is 30.0. The van der Waals surface area contributed by atoms with Gasteiger partial charge in [-0.25, -0.2) is 0 Å². The van der Waals surface area contributed by atoms with Crippen molar-refractivity contribution in [3.05, 3.63) is 122 Å². The van der Waals surface area contributed by atoms with Crippen molar-refractivity contribution >= 4 is 17.9 Å². The van der Waals surface area contributed by atoms with E-state index in [-0.39, 0.29) is 31.1 Å². The van der Waals surface area contributed by atoms with Gasteiger partial charge in [0, 0.05) is 19.3 Å². The van der Waals surface area contributed by atoms with Crippen molar-refractivity contribution in [2.75, 3.05) is 13.2 Å². The van der Waals surface area contributed by atoms with Crippen LogP contribution in [0.2, 0.25) is 0 Å². The van der Waals surface area contributed by atoms with Crippen LogP contribution in [0, 0.1) is 0 Å². The Hall–Kier alpha value is -4.19. The zero-order valence-electron chi connectivity index (χ0n) is 47.4. The SMILES string of the molecule is CC/C=C\C/C=C\C/C=C\C/C=C\CCCCCCCCCCC(=O)OCC(COC(=O)CCCC/C=C\C/C=C\C/C=C\C/C=C\CC)OC(=O)CCCCCCCCCCC/C=C\C/C=C\CCCCC. The van der Waals surface area contributed by atoms with Crippen LogP contribution >= 0.6 is 0 Å². The van der Waals surface area contributed by atoms with Crippen LogP contribution in [0.4, 0.5) is 0 Å². The van der Waals surface area contributed by atoms with E-state index < -0.39 is 6.10 Å². The highest BCUT2D eigenvalue weighted by molar-refractivity contribution is 5.71. The maximum absolute atomic E-state index is 12.9. The zero-order chi connectivity index (χ0) is 52.9. The first-order valence-electron chi connectivity index (χ1n) is 30.0. The molecule has 73 heavy (non-hydrogen) atoms. The maximum Gasteiger partial charge on any atom is 0.306 e. The van der Waals surface area contributed by atoms with Crippen LogP contribution in [0.3, 0.4) is 0 Å². The third kappa shape index (κ3) is 58.6. The van der Waals surface area contributed by atoms with E-state index >= 15 is 0 Å². The highest BCUT2D eigenvalue weighted by Gasteiger charge is 2.19. The highest BCUT2D eigenvalue weighted by atomic mass is 16.6. The lowest BCUT2D eigenvalue weighted by Crippen LogP contribution is -2.30. The van der Waals surface area contributed by atoms with Crippen LogP contribution in [-0.4, -0.2) is 37.2 Å². The number of allylic oxidation sites excluding steroid dienone is 20. The predicted molar refractivity (Wildman–Crippen MR) is 316 cm³/mol. The van der Waals surface area contributed by atoms with Gasteiger partial charge >= 0.3 is 17.9 Å². The molecule has 0 aliphatic heterocycles. The number of hydrogen-bond acceptors (Lipinski definition) is 6. The van der Waals surface area contributed by atoms with Gasteiger partial charge in [0.2, 0.25) is 0 Å². The molecule has 414 valence electrons. The molecular weight excluding hydrogens is 901 g/mol. The molecule has 0 fully saturated rings. The molecule has 0 aromatic carbocycles. The fourth-order valence-electron chi connectivity index (χ4n) is 7.98. The Morgan fingerprint density at radius 2 is 0.534 bits per heavy atom. The summed E-state index contributed by atoms with van der Waals surface area (Å²) in [6, 6.07) is 0. The van der Waals surface area contributed by atoms with Crippen molar-refractivity contribution in [2.24, 2.45) is 0 Å². The van der Waals surface area contributed by atoms with E-state index in [4.69, 9.17) is 14.2 Å². The fourth-order valence-corrected chi connectivity index (χ4v) is 7.98. The summed E-state index contributed by atoms with van der Waals surface area (Å²) >= 11 is 0. The van der Waals surface area contributed by atoms with Gasteiger partial charge in [0.1, 0.15) is 13.2 Å². The first-order chi connectivity index (χ1) is 36.0. The van der Waals surface area contributed by atoms with Gasteiger partial charge in [0.25, 0.3) is 0 Å². The molecule has 0 radical (unpaired) electrons. The Morgan fingerprint density at radius 1 is 0.288 bits per heavy atom. The normalized spacial score (nSPS) is 13.0. The third-order valence-electron chi connectivity index (χ3n) is 12.4. The molecule has 0 saturated carbocycles. The lowest BCUT2D eigenvalue weighted by atomic mass is 10.1. The molecule has 0 saturated heterocycles. The molecule has 0 amide bonds. The minimum Gasteiger partial charge on any atom is -0.462 e. The molecule has 0 rings (SSSR count). The van der Waals surface area contributed by atoms with Gasteiger partial charge in [-0.3, -0.25) is 14.4 Å². The number of hydrogen-bond donors (Lipinski definition) is 0. The quantitative estimate of drug-likeness (QED) is 0.0261. The molecule has 0 spiro atoms. The van der Waals surface area contributed by atoms with E-state index in [0.29, 0.717) is 19.3 Å². The van der Waals surface area contributed by atoms with Gasteiger partial charge in [-0.05, 0) is 128 Å². The summed E-state index contributed by atoms with van der Waals surface area (Å²) in [7, 11) is 0. The molecule has 0 aliphatic rings. The molecular formula is C67H110O6. The average Bonchev–Trinajstić information content (AvgIpc) is 3.39. The van der Waals surface area contributed by atoms with E-state index in [0.717, 1.165) is 122 Å². The van der Waals surface area contributed by atoms with Crippen LogP contribution in [0.15, 0.2) is 122 Å². The van der Waals surface area contributed by atoms with Crippen molar-refractivity contribution in [3.8, 4) is 0 Å². The Balaban J connectivity index is 4.45. The van der Waals surface area contributed by atoms with Gasteiger partial charge in [-0.15, -0.1) is 0 Å². The van der Waals surface area contributed by atoms with Gasteiger partial charge in [0.15, 0.2) is 6.10 Å². The summed E-state index contributed by atoms with van der Waals surface area (Å²) in [5, 5.41) is 0. The monoisotopic (exact) mass is 1010 g/mol. The van der Waals surface area contributed by atoms with E-state index in [1.165, 1.54) is 103 Å². The number of ether oxygens (including phenoxy) is 3. The van der Waals surface area contributed by atoms with Crippen LogP contribution in [0.1, 0.15) is 265 Å². The van der Waals surface area contributed by atoms with Gasteiger partial charge in [0.05, 0.1) is 0 Å². The summed E-state index contributed by atoms with van der Waals surface area (Å²) < 4.78 is 16.9. The number of unbranched alkanes of at least 4 members (excludes halogenated alkanes) is 22. The van der Waals surface area contributed by atoms with Crippen molar-refractivity contribution in [1.29, 1.82) is 0 Å². The average molecular weight is 1010 g/mol. The topological polar surface area (TPSA) is 78.9 Å². The molecule has 0 aromatic heterocycles. The van der Waals surface area contributed by atoms with Crippen LogP contribution in [-0.2, 0) is 28.6 Å². The van der Waals surface area contributed by atoms with Crippen molar-refractivity contribution < 1.29 is 28.6 Å². The van der Waals surface area contributed by atoms with E-state index in [1.807, 2.05) is 0 Å². The summed E-state index contributed by atoms with van der Waals surface area (Å²) in [6.45, 7) is 6.35. The van der Waals surface area contributed by atoms with Crippen molar-refractivity contribution in [2.45, 2.75) is 271 Å². The van der Waals surface area contributed by atoms with Crippen molar-refractivity contribution in [3.63, 3.8) is 0 Å². The lowest BCUT2D eigenvalue weighted by Gasteiger charge is -2.18. The molecule has 6 heteroatoms. The Labute approximate surface area is 450 Å². The summed E-state index contributed by atoms with van der Waals surface area (Å²) in [6.07, 6.45) is 83.3. The molecule has 0 aromatic rings. The third-order valence-corrected chi connectivity index (χ3v) is 12.4. The summed E-state index contributed by atoms with van der Waals surface area (Å²) in [5.74, 6) is -0.953. The standard InChI is InChI=1S/C67H110O6/c1-4-7-10-13-16-19-22-25-28-30-32-33-35-36-39-42-45-48-51-54-57-60-66(69)72-63-64(62-71-65(68)59-56-53-50-47-44-41-38-27-24-21-18-15-12-9-6-3)73-67(70)61-58-55-52-49-46-43-40-37-34-31-29-26-23-20-17-14-11-8-5-2/h7,9-10,12,16-21,25-29,32-33,38,44,47,64H,4-6,8,11,13-15,22-24,30-31,34-37,39-43,45-46,48-63H2,1-3H3/b10-7-,12-9-,19-16-,20-17-,21-18-,28-25-,29-26-,33-32-,38-27-,47-44-. The lowest BCUT2D eigenvalue weighted by molar-refractivity contribution is -0.167. The molecule has 1 unspecified atom stereocenters. The Morgan fingerprint density at radius 3 is 0.863 bits per heavy atom. The smallest absolute Gasteiger partial charge is 0.306 e. The van der Waals surface area contributed by atoms with Gasteiger partial charge in [-0.2, -0.15) is 0 Å². The summed E-state index contributed by atoms with van der Waals surface area (Å²) in [4.78, 5) is 38.2. The first kappa shape index (κ1) is 68.8. The van der Waals surface area contributed by atoms with E-state index in [2.05, 4.69) is 142 Å². The highest BCUT2D eigenvalue weighted by Crippen LogP contribution is 2.15. The minimum absolute atomic E-state index is 0.0998. The van der Waals surface area contributed by atoms with Crippen LogP contribution in [0.5, 0.6) is 0 Å². The van der Waals surface area contributed by atoms with Gasteiger partial charge in [-0.1, -0.05) is 239 Å². The van der Waals surface area contributed by atoms with E-state index in [1.54, 1.807) is 0 Å². The molecule has 6 nitrogen and oxygen atoms in total. The fraction of sp³-hybridized carbons (Fsp3) is 0.657. The second-order valence-electron chi connectivity index (χ2n) is 19.5. The molecule has 0 heterocycles. The number of carbonyl (C=O) groups is 3. The minimum atomic E-state index is -0.805. The van der Waals surface area contributed by atoms with Crippen LogP contribution < -0.4 is 0 Å².